The van der Waals surface area contributed by atoms with Gasteiger partial charge in [0.05, 0.1) is 7.11 Å². The highest BCUT2D eigenvalue weighted by Crippen LogP contribution is 2.24. The Morgan fingerprint density at radius 3 is 2.07 bits per heavy atom. The monoisotopic (exact) mass is 407 g/mol. The minimum Gasteiger partial charge on any atom is -0.497 e. The van der Waals surface area contributed by atoms with Gasteiger partial charge in [0.1, 0.15) is 5.75 Å². The highest BCUT2D eigenvalue weighted by Gasteiger charge is 2.28. The van der Waals surface area contributed by atoms with Gasteiger partial charge in [-0.1, -0.05) is 31.2 Å². The number of ether oxygens (including phenoxy) is 1. The number of hydrogen-bond donors (Lipinski definition) is 0. The molecule has 2 aromatic carbocycles. The smallest absolute Gasteiger partial charge is 0.223 e. The van der Waals surface area contributed by atoms with E-state index in [9.17, 15) is 14.4 Å². The molecule has 2 aromatic rings. The number of methoxy groups -OCH3 is 1. The van der Waals surface area contributed by atoms with E-state index in [-0.39, 0.29) is 36.2 Å². The number of carbonyl (C=O) groups excluding carboxylic acids is 3. The number of ketones is 2. The first-order valence-corrected chi connectivity index (χ1v) is 10.6. The van der Waals surface area contributed by atoms with Crippen LogP contribution in [-0.2, 0) is 11.2 Å². The Balaban J connectivity index is 1.46. The molecule has 0 unspecified atom stereocenters. The minimum atomic E-state index is -0.0684. The van der Waals surface area contributed by atoms with Crippen molar-refractivity contribution in [1.29, 1.82) is 0 Å². The van der Waals surface area contributed by atoms with Crippen LogP contribution in [0.3, 0.4) is 0 Å². The number of carbonyl (C=O) groups is 3. The first-order chi connectivity index (χ1) is 14.5. The lowest BCUT2D eigenvalue weighted by Gasteiger charge is -2.31. The standard InChI is InChI=1S/C25H29NO4/c1-3-18-4-6-19(7-5-18)23(27)12-13-24(28)26-16-14-21(15-17-26)25(29)20-8-10-22(30-2)11-9-20/h4-11,21H,3,12-17H2,1-2H3. The maximum atomic E-state index is 12.7. The molecule has 0 atom stereocenters. The predicted molar refractivity (Wildman–Crippen MR) is 116 cm³/mol. The summed E-state index contributed by atoms with van der Waals surface area (Å²) in [6, 6.07) is 14.7. The first-order valence-electron chi connectivity index (χ1n) is 10.6. The third-order valence-electron chi connectivity index (χ3n) is 5.84. The van der Waals surface area contributed by atoms with Crippen molar-refractivity contribution in [3.05, 3.63) is 65.2 Å². The number of aryl methyl sites for hydroxylation is 1. The summed E-state index contributed by atoms with van der Waals surface area (Å²) >= 11 is 0. The SMILES string of the molecule is CCc1ccc(C(=O)CCC(=O)N2CCC(C(=O)c3ccc(OC)cc3)CC2)cc1. The topological polar surface area (TPSA) is 63.7 Å². The minimum absolute atomic E-state index is 0.00410. The van der Waals surface area contributed by atoms with E-state index in [0.29, 0.717) is 37.1 Å². The largest absolute Gasteiger partial charge is 0.497 e. The Labute approximate surface area is 178 Å². The van der Waals surface area contributed by atoms with Crippen LogP contribution in [0.1, 0.15) is 58.9 Å². The lowest BCUT2D eigenvalue weighted by Crippen LogP contribution is -2.40. The fourth-order valence-electron chi connectivity index (χ4n) is 3.83. The zero-order valence-electron chi connectivity index (χ0n) is 17.7. The van der Waals surface area contributed by atoms with Gasteiger partial charge < -0.3 is 9.64 Å². The summed E-state index contributed by atoms with van der Waals surface area (Å²) in [6.07, 6.45) is 2.68. The summed E-state index contributed by atoms with van der Waals surface area (Å²) in [5.41, 5.74) is 2.53. The Morgan fingerprint density at radius 1 is 0.900 bits per heavy atom. The fourth-order valence-corrected chi connectivity index (χ4v) is 3.83. The zero-order chi connectivity index (χ0) is 21.5. The van der Waals surface area contributed by atoms with Gasteiger partial charge in [0.2, 0.25) is 5.91 Å². The normalized spacial score (nSPS) is 14.4. The van der Waals surface area contributed by atoms with Gasteiger partial charge in [-0.05, 0) is 49.1 Å². The van der Waals surface area contributed by atoms with Crippen molar-refractivity contribution >= 4 is 17.5 Å². The highest BCUT2D eigenvalue weighted by atomic mass is 16.5. The molecule has 1 aliphatic rings. The van der Waals surface area contributed by atoms with E-state index in [1.54, 1.807) is 36.3 Å². The van der Waals surface area contributed by atoms with E-state index in [1.807, 2.05) is 24.3 Å². The van der Waals surface area contributed by atoms with Crippen LogP contribution in [0.5, 0.6) is 5.75 Å². The van der Waals surface area contributed by atoms with Crippen LogP contribution in [0.4, 0.5) is 0 Å². The second-order valence-corrected chi connectivity index (χ2v) is 7.72. The third-order valence-corrected chi connectivity index (χ3v) is 5.84. The van der Waals surface area contributed by atoms with Crippen LogP contribution in [0, 0.1) is 5.92 Å². The fraction of sp³-hybridized carbons (Fsp3) is 0.400. The van der Waals surface area contributed by atoms with Crippen molar-refractivity contribution in [2.24, 2.45) is 5.92 Å². The molecule has 5 nitrogen and oxygen atoms in total. The van der Waals surface area contributed by atoms with E-state index in [0.717, 1.165) is 12.2 Å². The van der Waals surface area contributed by atoms with Crippen LogP contribution in [0.15, 0.2) is 48.5 Å². The first kappa shape index (κ1) is 21.8. The Bertz CT molecular complexity index is 878. The molecule has 1 heterocycles. The molecule has 0 N–H and O–H groups in total. The lowest BCUT2D eigenvalue weighted by molar-refractivity contribution is -0.132. The molecule has 1 saturated heterocycles. The maximum absolute atomic E-state index is 12.7. The van der Waals surface area contributed by atoms with E-state index in [4.69, 9.17) is 4.74 Å². The molecule has 1 amide bonds. The Hall–Kier alpha value is -2.95. The van der Waals surface area contributed by atoms with E-state index < -0.39 is 0 Å². The van der Waals surface area contributed by atoms with Crippen molar-refractivity contribution < 1.29 is 19.1 Å². The number of hydrogen-bond acceptors (Lipinski definition) is 4. The van der Waals surface area contributed by atoms with Gasteiger partial charge in [-0.3, -0.25) is 14.4 Å². The Morgan fingerprint density at radius 2 is 1.50 bits per heavy atom. The van der Waals surface area contributed by atoms with Gasteiger partial charge >= 0.3 is 0 Å². The van der Waals surface area contributed by atoms with Gasteiger partial charge in [0, 0.05) is 43.0 Å². The van der Waals surface area contributed by atoms with Crippen LogP contribution in [0.2, 0.25) is 0 Å². The summed E-state index contributed by atoms with van der Waals surface area (Å²) in [7, 11) is 1.60. The molecule has 0 aliphatic carbocycles. The molecule has 0 spiro atoms. The second kappa shape index (κ2) is 10.2. The molecule has 158 valence electrons. The lowest BCUT2D eigenvalue weighted by atomic mass is 9.88. The van der Waals surface area contributed by atoms with Crippen LogP contribution >= 0.6 is 0 Å². The van der Waals surface area contributed by atoms with Crippen LogP contribution < -0.4 is 4.74 Å². The summed E-state index contributed by atoms with van der Waals surface area (Å²) in [5.74, 6) is 0.763. The summed E-state index contributed by atoms with van der Waals surface area (Å²) in [6.45, 7) is 3.19. The summed E-state index contributed by atoms with van der Waals surface area (Å²) in [4.78, 5) is 39.4. The van der Waals surface area contributed by atoms with Gasteiger partial charge in [-0.2, -0.15) is 0 Å². The second-order valence-electron chi connectivity index (χ2n) is 7.72. The number of rotatable bonds is 8. The van der Waals surface area contributed by atoms with Crippen LogP contribution in [0.25, 0.3) is 0 Å². The molecule has 1 fully saturated rings. The summed E-state index contributed by atoms with van der Waals surface area (Å²) in [5, 5.41) is 0. The predicted octanol–water partition coefficient (Wildman–Crippen LogP) is 4.34. The number of benzene rings is 2. The number of Topliss-reactive ketones (excluding diaryl/α,β-unsaturated/α-hetero) is 2. The number of likely N-dealkylation sites (tertiary alicyclic amines) is 1. The van der Waals surface area contributed by atoms with Gasteiger partial charge in [0.15, 0.2) is 11.6 Å². The molecule has 0 saturated carbocycles. The van der Waals surface area contributed by atoms with Crippen molar-refractivity contribution in [3.8, 4) is 5.75 Å². The van der Waals surface area contributed by atoms with Crippen molar-refractivity contribution in [2.75, 3.05) is 20.2 Å². The van der Waals surface area contributed by atoms with Gasteiger partial charge in [-0.15, -0.1) is 0 Å². The number of piperidine rings is 1. The maximum Gasteiger partial charge on any atom is 0.223 e. The average molecular weight is 408 g/mol. The van der Waals surface area contributed by atoms with Crippen molar-refractivity contribution in [1.82, 2.24) is 4.90 Å². The zero-order valence-corrected chi connectivity index (χ0v) is 17.7. The molecule has 1 aliphatic heterocycles. The number of amides is 1. The van der Waals surface area contributed by atoms with Crippen molar-refractivity contribution in [2.45, 2.75) is 39.0 Å². The molecule has 0 bridgehead atoms. The van der Waals surface area contributed by atoms with Gasteiger partial charge in [0.25, 0.3) is 0 Å². The quantitative estimate of drug-likeness (QED) is 0.611. The Kier molecular flexibility index (Phi) is 7.39. The van der Waals surface area contributed by atoms with E-state index >= 15 is 0 Å². The molecular formula is C25H29NO4. The molecular weight excluding hydrogens is 378 g/mol. The van der Waals surface area contributed by atoms with E-state index in [1.165, 1.54) is 5.56 Å². The van der Waals surface area contributed by atoms with Crippen molar-refractivity contribution in [3.63, 3.8) is 0 Å². The van der Waals surface area contributed by atoms with Crippen LogP contribution in [-0.4, -0.2) is 42.6 Å². The third kappa shape index (κ3) is 5.35. The number of nitrogens with zero attached hydrogens (tertiary/aromatic N) is 1. The highest BCUT2D eigenvalue weighted by molar-refractivity contribution is 5.99. The van der Waals surface area contributed by atoms with E-state index in [2.05, 4.69) is 6.92 Å². The molecule has 0 aromatic heterocycles. The van der Waals surface area contributed by atoms with Gasteiger partial charge in [-0.25, -0.2) is 0 Å². The molecule has 30 heavy (non-hydrogen) atoms. The molecule has 5 heteroatoms. The average Bonchev–Trinajstić information content (AvgIpc) is 2.82. The molecule has 3 rings (SSSR count). The molecule has 0 radical (unpaired) electrons. The summed E-state index contributed by atoms with van der Waals surface area (Å²) < 4.78 is 5.13.